The largest absolute Gasteiger partial charge is 0.335 e. The fourth-order valence-electron chi connectivity index (χ4n) is 2.37. The van der Waals surface area contributed by atoms with E-state index in [1.807, 2.05) is 17.0 Å². The number of hydrogen-bond donors (Lipinski definition) is 0. The summed E-state index contributed by atoms with van der Waals surface area (Å²) in [6, 6.07) is 5.45. The van der Waals surface area contributed by atoms with Crippen molar-refractivity contribution in [2.45, 2.75) is 27.2 Å². The number of hydrogen-bond acceptors (Lipinski definition) is 1. The Balaban J connectivity index is 2.17. The summed E-state index contributed by atoms with van der Waals surface area (Å²) >= 11 is 9.56. The van der Waals surface area contributed by atoms with Crippen molar-refractivity contribution in [2.75, 3.05) is 13.1 Å². The van der Waals surface area contributed by atoms with Crippen LogP contribution in [0.1, 0.15) is 37.6 Å². The van der Waals surface area contributed by atoms with Crippen molar-refractivity contribution in [3.05, 3.63) is 44.9 Å². The van der Waals surface area contributed by atoms with E-state index < -0.39 is 0 Å². The van der Waals surface area contributed by atoms with Crippen LogP contribution < -0.4 is 0 Å². The maximum atomic E-state index is 12.5. The number of benzene rings is 1. The first-order chi connectivity index (χ1) is 9.30. The third kappa shape index (κ3) is 3.26. The van der Waals surface area contributed by atoms with Crippen molar-refractivity contribution in [3.63, 3.8) is 0 Å². The molecule has 0 saturated carbocycles. The summed E-state index contributed by atoms with van der Waals surface area (Å²) in [4.78, 5) is 14.4. The maximum Gasteiger partial charge on any atom is 0.255 e. The molecule has 0 spiro atoms. The van der Waals surface area contributed by atoms with Gasteiger partial charge in [-0.25, -0.2) is 0 Å². The van der Waals surface area contributed by atoms with Gasteiger partial charge in [0.1, 0.15) is 0 Å². The lowest BCUT2D eigenvalue weighted by Crippen LogP contribution is -2.36. The van der Waals surface area contributed by atoms with Gasteiger partial charge in [-0.05, 0) is 39.9 Å². The van der Waals surface area contributed by atoms with Crippen LogP contribution in [0.2, 0.25) is 5.02 Å². The van der Waals surface area contributed by atoms with Gasteiger partial charge in [-0.2, -0.15) is 0 Å². The van der Waals surface area contributed by atoms with E-state index in [4.69, 9.17) is 11.6 Å². The molecular formula is C16H19BrClNO. The van der Waals surface area contributed by atoms with Crippen molar-refractivity contribution in [1.82, 2.24) is 4.90 Å². The second-order valence-electron chi connectivity index (χ2n) is 6.08. The van der Waals surface area contributed by atoms with Gasteiger partial charge in [0, 0.05) is 17.6 Å². The average Bonchev–Trinajstić information content (AvgIpc) is 2.40. The molecule has 0 aromatic heterocycles. The number of rotatable bonds is 1. The summed E-state index contributed by atoms with van der Waals surface area (Å²) in [6.45, 7) is 8.05. The van der Waals surface area contributed by atoms with E-state index >= 15 is 0 Å². The minimum Gasteiger partial charge on any atom is -0.335 e. The molecule has 1 aromatic rings. The van der Waals surface area contributed by atoms with E-state index in [0.29, 0.717) is 17.1 Å². The normalized spacial score (nSPS) is 16.1. The van der Waals surface area contributed by atoms with Crippen LogP contribution in [0, 0.1) is 5.41 Å². The third-order valence-electron chi connectivity index (χ3n) is 3.64. The van der Waals surface area contributed by atoms with Crippen LogP contribution in [0.5, 0.6) is 0 Å². The smallest absolute Gasteiger partial charge is 0.255 e. The molecule has 20 heavy (non-hydrogen) atoms. The molecule has 0 unspecified atom stereocenters. The molecule has 0 atom stereocenters. The third-order valence-corrected chi connectivity index (χ3v) is 4.94. The van der Waals surface area contributed by atoms with Gasteiger partial charge in [0.25, 0.3) is 5.91 Å². The van der Waals surface area contributed by atoms with E-state index in [-0.39, 0.29) is 11.3 Å². The zero-order valence-corrected chi connectivity index (χ0v) is 14.4. The summed E-state index contributed by atoms with van der Waals surface area (Å²) in [6.07, 6.45) is 3.11. The minimum absolute atomic E-state index is 0.000471. The standard InChI is InChI=1S/C16H19BrClNO/c1-16(2,3)11-7-9-19(10-8-11)15(20)12-5-4-6-13(17)14(12)18/h4-7H,8-10H2,1-3H3. The Morgan fingerprint density at radius 1 is 1.35 bits per heavy atom. The fraction of sp³-hybridized carbons (Fsp3) is 0.438. The second-order valence-corrected chi connectivity index (χ2v) is 7.31. The molecule has 0 aliphatic carbocycles. The van der Waals surface area contributed by atoms with Crippen LogP contribution in [0.3, 0.4) is 0 Å². The van der Waals surface area contributed by atoms with Gasteiger partial charge in [0.15, 0.2) is 0 Å². The van der Waals surface area contributed by atoms with Gasteiger partial charge in [0.2, 0.25) is 0 Å². The summed E-state index contributed by atoms with van der Waals surface area (Å²) < 4.78 is 0.757. The van der Waals surface area contributed by atoms with E-state index in [9.17, 15) is 4.79 Å². The highest BCUT2D eigenvalue weighted by Crippen LogP contribution is 2.31. The van der Waals surface area contributed by atoms with Gasteiger partial charge in [0.05, 0.1) is 10.6 Å². The molecule has 2 rings (SSSR count). The highest BCUT2D eigenvalue weighted by Gasteiger charge is 2.25. The van der Waals surface area contributed by atoms with Crippen molar-refractivity contribution in [2.24, 2.45) is 5.41 Å². The van der Waals surface area contributed by atoms with E-state index in [0.717, 1.165) is 17.4 Å². The monoisotopic (exact) mass is 355 g/mol. The zero-order valence-electron chi connectivity index (χ0n) is 12.0. The topological polar surface area (TPSA) is 20.3 Å². The quantitative estimate of drug-likeness (QED) is 0.654. The Hall–Kier alpha value is -0.800. The van der Waals surface area contributed by atoms with Gasteiger partial charge < -0.3 is 4.90 Å². The highest BCUT2D eigenvalue weighted by atomic mass is 79.9. The predicted molar refractivity (Wildman–Crippen MR) is 87.2 cm³/mol. The van der Waals surface area contributed by atoms with Crippen LogP contribution >= 0.6 is 27.5 Å². The van der Waals surface area contributed by atoms with Crippen molar-refractivity contribution < 1.29 is 4.79 Å². The Morgan fingerprint density at radius 2 is 2.05 bits per heavy atom. The number of nitrogens with zero attached hydrogens (tertiary/aromatic N) is 1. The number of halogens is 2. The lowest BCUT2D eigenvalue weighted by molar-refractivity contribution is 0.0765. The molecule has 1 aliphatic rings. The average molecular weight is 357 g/mol. The van der Waals surface area contributed by atoms with Gasteiger partial charge in [-0.3, -0.25) is 4.79 Å². The minimum atomic E-state index is 0.000471. The first kappa shape index (κ1) is 15.6. The van der Waals surface area contributed by atoms with Gasteiger partial charge >= 0.3 is 0 Å². The molecule has 1 aliphatic heterocycles. The second kappa shape index (κ2) is 5.90. The lowest BCUT2D eigenvalue weighted by atomic mass is 9.83. The zero-order chi connectivity index (χ0) is 14.9. The first-order valence-electron chi connectivity index (χ1n) is 6.73. The van der Waals surface area contributed by atoms with Crippen molar-refractivity contribution >= 4 is 33.4 Å². The molecule has 1 heterocycles. The van der Waals surface area contributed by atoms with E-state index in [1.54, 1.807) is 6.07 Å². The van der Waals surface area contributed by atoms with E-state index in [1.165, 1.54) is 5.57 Å². The predicted octanol–water partition coefficient (Wildman–Crippen LogP) is 4.92. The Labute approximate surface area is 133 Å². The van der Waals surface area contributed by atoms with Crippen molar-refractivity contribution in [1.29, 1.82) is 0 Å². The number of amides is 1. The van der Waals surface area contributed by atoms with Gasteiger partial charge in [-0.15, -0.1) is 0 Å². The van der Waals surface area contributed by atoms with Crippen LogP contribution in [0.15, 0.2) is 34.3 Å². The molecular weight excluding hydrogens is 338 g/mol. The number of carbonyl (C=O) groups excluding carboxylic acids is 1. The molecule has 0 saturated heterocycles. The van der Waals surface area contributed by atoms with Crippen LogP contribution in [-0.4, -0.2) is 23.9 Å². The number of carbonyl (C=O) groups is 1. The molecule has 0 fully saturated rings. The first-order valence-corrected chi connectivity index (χ1v) is 7.90. The highest BCUT2D eigenvalue weighted by molar-refractivity contribution is 9.10. The summed E-state index contributed by atoms with van der Waals surface area (Å²) in [5, 5.41) is 0.489. The molecule has 4 heteroatoms. The maximum absolute atomic E-state index is 12.5. The van der Waals surface area contributed by atoms with Crippen LogP contribution in [-0.2, 0) is 0 Å². The molecule has 1 aromatic carbocycles. The lowest BCUT2D eigenvalue weighted by Gasteiger charge is -2.32. The molecule has 0 bridgehead atoms. The molecule has 0 N–H and O–H groups in total. The SMILES string of the molecule is CC(C)(C)C1=CCN(C(=O)c2cccc(Br)c2Cl)CC1. The molecule has 1 amide bonds. The molecule has 2 nitrogen and oxygen atoms in total. The molecule has 0 radical (unpaired) electrons. The van der Waals surface area contributed by atoms with Gasteiger partial charge in [-0.1, -0.05) is 50.1 Å². The Morgan fingerprint density at radius 3 is 2.60 bits per heavy atom. The van der Waals surface area contributed by atoms with E-state index in [2.05, 4.69) is 42.8 Å². The fourth-order valence-corrected chi connectivity index (χ4v) is 2.95. The van der Waals surface area contributed by atoms with Crippen LogP contribution in [0.4, 0.5) is 0 Å². The Kier molecular flexibility index (Phi) is 4.60. The Bertz CT molecular complexity index is 560. The van der Waals surface area contributed by atoms with Crippen molar-refractivity contribution in [3.8, 4) is 0 Å². The summed E-state index contributed by atoms with van der Waals surface area (Å²) in [5.41, 5.74) is 2.17. The summed E-state index contributed by atoms with van der Waals surface area (Å²) in [5.74, 6) is 0.000471. The summed E-state index contributed by atoms with van der Waals surface area (Å²) in [7, 11) is 0. The molecule has 108 valence electrons. The van der Waals surface area contributed by atoms with Crippen LogP contribution in [0.25, 0.3) is 0 Å².